The van der Waals surface area contributed by atoms with E-state index in [1.165, 1.54) is 19.3 Å². The molecule has 0 radical (unpaired) electrons. The highest BCUT2D eigenvalue weighted by Gasteiger charge is 2.36. The molecular formula is C10H16O2. The summed E-state index contributed by atoms with van der Waals surface area (Å²) in [6.07, 6.45) is 7.07. The normalized spacial score (nSPS) is 26.3. The zero-order chi connectivity index (χ0) is 8.55. The summed E-state index contributed by atoms with van der Waals surface area (Å²) in [4.78, 5) is 10.9. The maximum absolute atomic E-state index is 10.9. The third kappa shape index (κ3) is 1.62. The molecule has 0 unspecified atom stereocenters. The smallest absolute Gasteiger partial charge is 0.306 e. The first-order valence-electron chi connectivity index (χ1n) is 5.00. The van der Waals surface area contributed by atoms with Gasteiger partial charge >= 0.3 is 5.97 Å². The summed E-state index contributed by atoms with van der Waals surface area (Å²) in [7, 11) is 0. The van der Waals surface area contributed by atoms with E-state index in [2.05, 4.69) is 0 Å². The molecule has 2 heteroatoms. The van der Waals surface area contributed by atoms with Gasteiger partial charge in [-0.25, -0.2) is 0 Å². The molecular weight excluding hydrogens is 152 g/mol. The van der Waals surface area contributed by atoms with Crippen LogP contribution < -0.4 is 0 Å². The van der Waals surface area contributed by atoms with Crippen LogP contribution in [0.25, 0.3) is 0 Å². The van der Waals surface area contributed by atoms with E-state index in [0.29, 0.717) is 5.92 Å². The van der Waals surface area contributed by atoms with Gasteiger partial charge in [-0.2, -0.15) is 0 Å². The molecule has 2 aliphatic rings. The zero-order valence-corrected chi connectivity index (χ0v) is 7.33. The van der Waals surface area contributed by atoms with Crippen LogP contribution in [0.4, 0.5) is 0 Å². The first-order chi connectivity index (χ1) is 5.77. The van der Waals surface area contributed by atoms with E-state index in [1.807, 2.05) is 0 Å². The summed E-state index contributed by atoms with van der Waals surface area (Å²) < 4.78 is 0. The van der Waals surface area contributed by atoms with Crippen molar-refractivity contribution in [1.29, 1.82) is 0 Å². The topological polar surface area (TPSA) is 37.3 Å². The summed E-state index contributed by atoms with van der Waals surface area (Å²) >= 11 is 0. The molecule has 1 atom stereocenters. The van der Waals surface area contributed by atoms with Gasteiger partial charge in [0.25, 0.3) is 0 Å². The van der Waals surface area contributed by atoms with E-state index in [-0.39, 0.29) is 5.92 Å². The van der Waals surface area contributed by atoms with Crippen molar-refractivity contribution in [3.05, 3.63) is 0 Å². The summed E-state index contributed by atoms with van der Waals surface area (Å²) in [5.41, 5.74) is 0. The first kappa shape index (κ1) is 8.09. The van der Waals surface area contributed by atoms with E-state index in [9.17, 15) is 4.79 Å². The first-order valence-corrected chi connectivity index (χ1v) is 5.00. The largest absolute Gasteiger partial charge is 0.481 e. The third-order valence-corrected chi connectivity index (χ3v) is 3.32. The van der Waals surface area contributed by atoms with Crippen molar-refractivity contribution in [2.24, 2.45) is 17.8 Å². The van der Waals surface area contributed by atoms with Crippen LogP contribution in [0.3, 0.4) is 0 Å². The molecule has 0 saturated heterocycles. The molecule has 0 aromatic heterocycles. The monoisotopic (exact) mass is 168 g/mol. The molecule has 12 heavy (non-hydrogen) atoms. The number of rotatable bonds is 4. The minimum absolute atomic E-state index is 0.00810. The zero-order valence-electron chi connectivity index (χ0n) is 7.33. The van der Waals surface area contributed by atoms with Crippen LogP contribution in [0.15, 0.2) is 0 Å². The van der Waals surface area contributed by atoms with Gasteiger partial charge in [-0.1, -0.05) is 19.3 Å². The summed E-state index contributed by atoms with van der Waals surface area (Å²) in [6, 6.07) is 0. The molecule has 0 amide bonds. The Morgan fingerprint density at radius 3 is 2.33 bits per heavy atom. The Hall–Kier alpha value is -0.530. The fourth-order valence-corrected chi connectivity index (χ4v) is 2.05. The molecule has 68 valence electrons. The molecule has 1 N–H and O–H groups in total. The maximum Gasteiger partial charge on any atom is 0.306 e. The van der Waals surface area contributed by atoms with Crippen molar-refractivity contribution in [2.75, 3.05) is 0 Å². The number of carboxylic acids is 1. The lowest BCUT2D eigenvalue weighted by Gasteiger charge is -2.31. The van der Waals surface area contributed by atoms with Crippen molar-refractivity contribution in [3.63, 3.8) is 0 Å². The lowest BCUT2D eigenvalue weighted by Crippen LogP contribution is -2.29. The van der Waals surface area contributed by atoms with E-state index in [0.717, 1.165) is 25.2 Å². The molecule has 0 aromatic rings. The standard InChI is InChI=1S/C10H16O2/c11-10(12)9(6-7-4-5-7)8-2-1-3-8/h7-9H,1-6H2,(H,11,12)/t9-/m0/s1. The van der Waals surface area contributed by atoms with Crippen molar-refractivity contribution >= 4 is 5.97 Å². The minimum atomic E-state index is -0.549. The third-order valence-electron chi connectivity index (χ3n) is 3.32. The van der Waals surface area contributed by atoms with Gasteiger partial charge in [-0.3, -0.25) is 4.79 Å². The minimum Gasteiger partial charge on any atom is -0.481 e. The molecule has 0 bridgehead atoms. The summed E-state index contributed by atoms with van der Waals surface area (Å²) in [5, 5.41) is 8.99. The maximum atomic E-state index is 10.9. The van der Waals surface area contributed by atoms with Crippen molar-refractivity contribution in [3.8, 4) is 0 Å². The Balaban J connectivity index is 1.86. The number of hydrogen-bond acceptors (Lipinski definition) is 1. The number of aliphatic carboxylic acids is 1. The van der Waals surface area contributed by atoms with Gasteiger partial charge in [0.2, 0.25) is 0 Å². The quantitative estimate of drug-likeness (QED) is 0.699. The second-order valence-electron chi connectivity index (χ2n) is 4.31. The molecule has 0 heterocycles. The molecule has 0 spiro atoms. The molecule has 2 nitrogen and oxygen atoms in total. The molecule has 2 rings (SSSR count). The summed E-state index contributed by atoms with van der Waals surface area (Å²) in [6.45, 7) is 0. The van der Waals surface area contributed by atoms with Gasteiger partial charge in [0.1, 0.15) is 0 Å². The predicted molar refractivity (Wildman–Crippen MR) is 45.8 cm³/mol. The molecule has 2 fully saturated rings. The average molecular weight is 168 g/mol. The second-order valence-corrected chi connectivity index (χ2v) is 4.31. The van der Waals surface area contributed by atoms with Crippen LogP contribution in [0.2, 0.25) is 0 Å². The van der Waals surface area contributed by atoms with Gasteiger partial charge in [0.05, 0.1) is 5.92 Å². The number of hydrogen-bond donors (Lipinski definition) is 1. The van der Waals surface area contributed by atoms with Crippen LogP contribution in [-0.4, -0.2) is 11.1 Å². The van der Waals surface area contributed by atoms with Crippen LogP contribution in [0.5, 0.6) is 0 Å². The Kier molecular flexibility index (Phi) is 2.07. The predicted octanol–water partition coefficient (Wildman–Crippen LogP) is 2.29. The fourth-order valence-electron chi connectivity index (χ4n) is 2.05. The van der Waals surface area contributed by atoms with Gasteiger partial charge < -0.3 is 5.11 Å². The van der Waals surface area contributed by atoms with Crippen molar-refractivity contribution < 1.29 is 9.90 Å². The van der Waals surface area contributed by atoms with Crippen LogP contribution in [0, 0.1) is 17.8 Å². The number of carbonyl (C=O) groups is 1. The van der Waals surface area contributed by atoms with E-state index in [1.54, 1.807) is 0 Å². The Labute approximate surface area is 73.0 Å². The van der Waals surface area contributed by atoms with Crippen LogP contribution in [-0.2, 0) is 4.79 Å². The van der Waals surface area contributed by atoms with Gasteiger partial charge in [0, 0.05) is 0 Å². The van der Waals surface area contributed by atoms with Gasteiger partial charge in [-0.05, 0) is 31.1 Å². The average Bonchev–Trinajstić information content (AvgIpc) is 2.65. The molecule has 2 aliphatic carbocycles. The van der Waals surface area contributed by atoms with E-state index >= 15 is 0 Å². The number of carboxylic acid groups (broad SMARTS) is 1. The SMILES string of the molecule is O=C(O)[C@@H](CC1CC1)C1CCC1. The Bertz CT molecular complexity index is 180. The lowest BCUT2D eigenvalue weighted by atomic mass is 9.74. The highest BCUT2D eigenvalue weighted by molar-refractivity contribution is 5.70. The van der Waals surface area contributed by atoms with Crippen LogP contribution >= 0.6 is 0 Å². The Morgan fingerprint density at radius 1 is 1.33 bits per heavy atom. The van der Waals surface area contributed by atoms with Crippen molar-refractivity contribution in [2.45, 2.75) is 38.5 Å². The van der Waals surface area contributed by atoms with Crippen LogP contribution in [0.1, 0.15) is 38.5 Å². The fraction of sp³-hybridized carbons (Fsp3) is 0.900. The second kappa shape index (κ2) is 3.08. The highest BCUT2D eigenvalue weighted by Crippen LogP contribution is 2.42. The lowest BCUT2D eigenvalue weighted by molar-refractivity contribution is -0.145. The summed E-state index contributed by atoms with van der Waals surface area (Å²) in [5.74, 6) is 0.715. The van der Waals surface area contributed by atoms with Crippen molar-refractivity contribution in [1.82, 2.24) is 0 Å². The van der Waals surface area contributed by atoms with E-state index < -0.39 is 5.97 Å². The molecule has 2 saturated carbocycles. The molecule has 0 aliphatic heterocycles. The Morgan fingerprint density at radius 2 is 2.00 bits per heavy atom. The highest BCUT2D eigenvalue weighted by atomic mass is 16.4. The van der Waals surface area contributed by atoms with Gasteiger partial charge in [0.15, 0.2) is 0 Å². The van der Waals surface area contributed by atoms with Gasteiger partial charge in [-0.15, -0.1) is 0 Å². The van der Waals surface area contributed by atoms with E-state index in [4.69, 9.17) is 5.11 Å². The molecule has 0 aromatic carbocycles.